The van der Waals surface area contributed by atoms with Crippen LogP contribution in [0.5, 0.6) is 69.0 Å². The zero-order valence-corrected chi connectivity index (χ0v) is 78.2. The van der Waals surface area contributed by atoms with Gasteiger partial charge in [0.15, 0.2) is 46.0 Å². The van der Waals surface area contributed by atoms with Gasteiger partial charge in [0.2, 0.25) is 23.0 Å². The number of nitrogens with zero attached hydrogens (tertiary/aromatic N) is 9. The Balaban J connectivity index is 0.968. The van der Waals surface area contributed by atoms with Crippen LogP contribution in [0.2, 0.25) is 0 Å². The molecule has 0 spiro atoms. The average molecular weight is 1910 g/mol. The third-order valence-electron chi connectivity index (χ3n) is 18.7. The number of rotatable bonds is 71. The van der Waals surface area contributed by atoms with E-state index < -0.39 is 81.2 Å². The lowest BCUT2D eigenvalue weighted by Crippen LogP contribution is -2.25. The van der Waals surface area contributed by atoms with Crippen molar-refractivity contribution in [2.45, 2.75) is 202 Å². The van der Waals surface area contributed by atoms with Gasteiger partial charge in [-0.15, -0.1) is 15.3 Å². The fraction of sp³-hybridized carbons (Fsp3) is 0.600. The Labute approximate surface area is 760 Å². The Morgan fingerprint density at radius 3 is 0.723 bits per heavy atom. The molecule has 0 unspecified atom stereocenters. The minimum Gasteiger partial charge on any atom is -0.490 e. The summed E-state index contributed by atoms with van der Waals surface area (Å²) in [7, 11) is -17.0. The molecular weight excluding hydrogens is 1780 g/mol. The third kappa shape index (κ3) is 40.8. The molecule has 3 heterocycles. The summed E-state index contributed by atoms with van der Waals surface area (Å²) in [6.07, 6.45) is 16.0. The van der Waals surface area contributed by atoms with Crippen LogP contribution >= 0.6 is 0 Å². The highest BCUT2D eigenvalue weighted by atomic mass is 32.2. The minimum absolute atomic E-state index is 0.00205. The molecule has 0 aliphatic heterocycles. The second-order valence-corrected chi connectivity index (χ2v) is 36.6. The maximum atomic E-state index is 13.8. The van der Waals surface area contributed by atoms with Crippen LogP contribution < -0.4 is 78.1 Å². The molecule has 7 aromatic rings. The van der Waals surface area contributed by atoms with Crippen molar-refractivity contribution < 1.29 is 128 Å². The molecule has 3 aromatic heterocycles. The van der Waals surface area contributed by atoms with E-state index >= 15 is 0 Å². The van der Waals surface area contributed by atoms with E-state index in [0.29, 0.717) is 208 Å². The second kappa shape index (κ2) is 56.9. The summed E-state index contributed by atoms with van der Waals surface area (Å²) in [5, 5.41) is 37.9. The summed E-state index contributed by atoms with van der Waals surface area (Å²) in [6.45, 7) is 15.6. The van der Waals surface area contributed by atoms with Crippen molar-refractivity contribution in [2.75, 3.05) is 128 Å². The molecule has 130 heavy (non-hydrogen) atoms. The van der Waals surface area contributed by atoms with Crippen LogP contribution in [-0.2, 0) is 79.4 Å². The van der Waals surface area contributed by atoms with Crippen molar-refractivity contribution in [3.63, 3.8) is 0 Å². The first kappa shape index (κ1) is 106. The zero-order valence-electron chi connectivity index (χ0n) is 74.9. The summed E-state index contributed by atoms with van der Waals surface area (Å²) in [5.41, 5.74) is 3.09. The minimum atomic E-state index is -4.30. The number of unbranched alkanes of at least 4 members (excludes halogenated alkanes) is 3. The molecule has 4 amide bonds. The Bertz CT molecular complexity index is 4940. The molecule has 0 saturated heterocycles. The summed E-state index contributed by atoms with van der Waals surface area (Å²) in [4.78, 5) is 54.7. The van der Waals surface area contributed by atoms with Gasteiger partial charge >= 0.3 is 0 Å². The Morgan fingerprint density at radius 1 is 0.277 bits per heavy atom. The van der Waals surface area contributed by atoms with E-state index in [4.69, 9.17) is 56.8 Å². The molecule has 45 heteroatoms. The Hall–Kier alpha value is -10.6. The topological polar surface area (TPSA) is 537 Å². The lowest BCUT2D eigenvalue weighted by Gasteiger charge is -2.19. The summed E-state index contributed by atoms with van der Waals surface area (Å²) in [5.74, 6) is -1.20. The largest absolute Gasteiger partial charge is 0.490 e. The molecule has 4 aromatic carbocycles. The smallest absolute Gasteiger partial charge is 0.264 e. The molecule has 0 saturated carbocycles. The van der Waals surface area contributed by atoms with E-state index in [-0.39, 0.29) is 161 Å². The quantitative estimate of drug-likeness (QED) is 0.0130. The van der Waals surface area contributed by atoms with Crippen LogP contribution in [0.3, 0.4) is 0 Å². The number of aryl methyl sites for hydroxylation is 6. The predicted octanol–water partition coefficient (Wildman–Crippen LogP) is 9.84. The molecule has 724 valence electrons. The standard InChI is InChI=1S/C85H127N13O28S4/c1-7-29-86-82(99)63-55-75(118-41-16-13-26-67-60-96(93-90-67)33-19-30-87-83(100)64-52-70(115-36-8-2)78(123-39-11-5)73(57-64)120-44-22-48-127(103,104)105)81(76(56-63)119-42-17-14-27-68-61-97(94-91-68)34-20-31-88-84(101)65-53-71(116-37-9-3)79(124-40-12-6)74(58-65)121-45-23-49-128(106,107)108)125-43-18-15-28-69-62-98(95-92-69)35-21-32-89-85(102)66-54-72(117-38-10-4)80(126-47-25-51-130(112,113)114)77(59-66)122-46-24-50-129(109,110)111/h52-62H,7-51H2,1-6H3,(H,86,99)(H,87,100)(H,88,101)(H,89,102)(H,103,104,105)(H,106,107,108)(H,109,110,111)(H,112,113,114). The molecule has 8 N–H and O–H groups in total. The van der Waals surface area contributed by atoms with Crippen LogP contribution in [0.1, 0.15) is 222 Å². The Morgan fingerprint density at radius 2 is 0.485 bits per heavy atom. The highest BCUT2D eigenvalue weighted by molar-refractivity contribution is 7.86. The van der Waals surface area contributed by atoms with Gasteiger partial charge in [0, 0.05) is 86.7 Å². The van der Waals surface area contributed by atoms with Crippen LogP contribution in [0, 0.1) is 0 Å². The SMILES string of the molecule is CCCNC(=O)c1cc(OCCCCc2cn(CCCNC(=O)c3cc(OCCC)c(OCCC)c(OCCCS(=O)(=O)O)c3)nn2)c(OCCCCc2cn(CCCNC(=O)c3cc(OCCC)c(OCCCS(=O)(=O)O)c(OCCCS(=O)(=O)O)c3)nn2)c(OCCCCc2cn(CCCNC(=O)c3cc(OCCC)c(OCCC)c(OCCCS(=O)(=O)O)c3)nn2)c1. The first-order valence-electron chi connectivity index (χ1n) is 44.2. The van der Waals surface area contributed by atoms with Crippen molar-refractivity contribution in [1.82, 2.24) is 66.2 Å². The monoisotopic (exact) mass is 1910 g/mol. The van der Waals surface area contributed by atoms with Gasteiger partial charge in [0.1, 0.15) is 0 Å². The summed E-state index contributed by atoms with van der Waals surface area (Å²) in [6, 6.07) is 12.3. The van der Waals surface area contributed by atoms with E-state index in [2.05, 4.69) is 52.2 Å². The van der Waals surface area contributed by atoms with E-state index in [9.17, 15) is 71.1 Å². The second-order valence-electron chi connectivity index (χ2n) is 30.3. The molecule has 41 nitrogen and oxygen atoms in total. The fourth-order valence-electron chi connectivity index (χ4n) is 12.4. The molecule has 0 aliphatic carbocycles. The number of carbonyl (C=O) groups excluding carboxylic acids is 4. The number of benzene rings is 4. The van der Waals surface area contributed by atoms with Crippen molar-refractivity contribution in [3.05, 3.63) is 106 Å². The van der Waals surface area contributed by atoms with E-state index in [1.165, 1.54) is 24.3 Å². The molecule has 7 rings (SSSR count). The van der Waals surface area contributed by atoms with E-state index in [0.717, 1.165) is 11.4 Å². The molecular formula is C85H127N13O28S4. The molecule has 0 atom stereocenters. The Kier molecular flexibility index (Phi) is 46.6. The first-order chi connectivity index (χ1) is 62.4. The number of ether oxygens (including phenoxy) is 12. The average Bonchev–Trinajstić information content (AvgIpc) is 1.62. The fourth-order valence-corrected chi connectivity index (χ4v) is 14.3. The van der Waals surface area contributed by atoms with Gasteiger partial charge in [0.25, 0.3) is 64.1 Å². The maximum Gasteiger partial charge on any atom is 0.264 e. The number of carbonyl (C=O) groups is 4. The highest BCUT2D eigenvalue weighted by Gasteiger charge is 2.26. The number of nitrogens with one attached hydrogen (secondary N) is 4. The van der Waals surface area contributed by atoms with E-state index in [1.54, 1.807) is 38.3 Å². The molecule has 0 radical (unpaired) electrons. The number of hydrogen-bond acceptors (Lipinski definition) is 30. The molecule has 0 fully saturated rings. The maximum absolute atomic E-state index is 13.8. The predicted molar refractivity (Wildman–Crippen MR) is 480 cm³/mol. The summed E-state index contributed by atoms with van der Waals surface area (Å²) < 4.78 is 206. The molecule has 0 aliphatic rings. The normalized spacial score (nSPS) is 11.7. The lowest BCUT2D eigenvalue weighted by molar-refractivity contribution is 0.0943. The van der Waals surface area contributed by atoms with Gasteiger partial charge in [0.05, 0.1) is 119 Å². The van der Waals surface area contributed by atoms with Gasteiger partial charge in [-0.3, -0.25) is 51.4 Å². The number of aromatic nitrogens is 9. The van der Waals surface area contributed by atoms with Crippen LogP contribution in [0.25, 0.3) is 0 Å². The van der Waals surface area contributed by atoms with Crippen molar-refractivity contribution >= 4 is 64.1 Å². The number of amides is 4. The van der Waals surface area contributed by atoms with Gasteiger partial charge in [-0.2, -0.15) is 33.7 Å². The van der Waals surface area contributed by atoms with E-state index in [1.807, 2.05) is 60.1 Å². The van der Waals surface area contributed by atoms with Crippen LogP contribution in [0.15, 0.2) is 67.1 Å². The molecule has 0 bridgehead atoms. The van der Waals surface area contributed by atoms with Crippen molar-refractivity contribution in [2.24, 2.45) is 0 Å². The first-order valence-corrected chi connectivity index (χ1v) is 50.7. The van der Waals surface area contributed by atoms with Gasteiger partial charge in [-0.25, -0.2) is 0 Å². The third-order valence-corrected chi connectivity index (χ3v) is 21.9. The zero-order chi connectivity index (χ0) is 94.2. The van der Waals surface area contributed by atoms with Crippen molar-refractivity contribution in [1.29, 1.82) is 0 Å². The highest BCUT2D eigenvalue weighted by Crippen LogP contribution is 2.44. The lowest BCUT2D eigenvalue weighted by atomic mass is 10.1. The number of hydrogen-bond donors (Lipinski definition) is 8. The van der Waals surface area contributed by atoms with Gasteiger partial charge in [-0.05, 0) is 190 Å². The van der Waals surface area contributed by atoms with Crippen LogP contribution in [-0.4, -0.2) is 249 Å². The van der Waals surface area contributed by atoms with Crippen molar-refractivity contribution in [3.8, 4) is 69.0 Å². The van der Waals surface area contributed by atoms with Crippen LogP contribution in [0.4, 0.5) is 0 Å². The summed E-state index contributed by atoms with van der Waals surface area (Å²) >= 11 is 0. The van der Waals surface area contributed by atoms with Gasteiger partial charge < -0.3 is 78.1 Å². The van der Waals surface area contributed by atoms with Gasteiger partial charge in [-0.1, -0.05) is 57.2 Å².